The lowest BCUT2D eigenvalue weighted by atomic mass is 9.77. The van der Waals surface area contributed by atoms with Crippen molar-refractivity contribution in [2.45, 2.75) is 63.3 Å². The normalized spacial score (nSPS) is 29.2. The third-order valence-corrected chi connectivity index (χ3v) is 10.2. The van der Waals surface area contributed by atoms with Gasteiger partial charge in [-0.3, -0.25) is 19.2 Å². The summed E-state index contributed by atoms with van der Waals surface area (Å²) in [5.74, 6) is -3.34. The zero-order valence-corrected chi connectivity index (χ0v) is 28.2. The number of aliphatic hydroxyl groups is 1. The Morgan fingerprint density at radius 1 is 0.959 bits per heavy atom. The van der Waals surface area contributed by atoms with Gasteiger partial charge in [0.1, 0.15) is 18.2 Å². The monoisotopic (exact) mass is 670 g/mol. The largest absolute Gasteiger partial charge is 0.463 e. The second-order valence-corrected chi connectivity index (χ2v) is 13.0. The number of allylic oxidation sites excluding steroid dienone is 1. The van der Waals surface area contributed by atoms with E-state index in [9.17, 15) is 24.3 Å². The van der Waals surface area contributed by atoms with Crippen molar-refractivity contribution in [2.24, 2.45) is 11.8 Å². The predicted molar refractivity (Wildman–Crippen MR) is 185 cm³/mol. The molecule has 6 atom stereocenters. The molecule has 4 aliphatic heterocycles. The van der Waals surface area contributed by atoms with Crippen molar-refractivity contribution in [3.05, 3.63) is 84.5 Å². The Morgan fingerprint density at radius 3 is 2.43 bits per heavy atom. The SMILES string of the molecule is CCN(CC)c1ccc(N2CC=C[C@]34O[C@@H]5/C=C\CCC(=O)OC[C@@H](c6ccccc6)NC(=O)[C@@H]5[C@H]3C(=O)N(CCCCO)[C@@H]4C2=O)cc1. The van der Waals surface area contributed by atoms with Gasteiger partial charge in [0.2, 0.25) is 11.8 Å². The first-order valence-electron chi connectivity index (χ1n) is 17.4. The van der Waals surface area contributed by atoms with Gasteiger partial charge in [-0.1, -0.05) is 54.6 Å². The number of carbonyl (C=O) groups excluding carboxylic acids is 4. The lowest BCUT2D eigenvalue weighted by Gasteiger charge is -2.35. The first-order valence-corrected chi connectivity index (χ1v) is 17.4. The fraction of sp³-hybridized carbons (Fsp3) is 0.474. The van der Waals surface area contributed by atoms with E-state index in [0.717, 1.165) is 24.3 Å². The summed E-state index contributed by atoms with van der Waals surface area (Å²) in [5, 5.41) is 12.6. The van der Waals surface area contributed by atoms with Crippen molar-refractivity contribution >= 4 is 35.1 Å². The molecule has 2 aromatic rings. The van der Waals surface area contributed by atoms with Gasteiger partial charge in [0.15, 0.2) is 0 Å². The minimum absolute atomic E-state index is 0.0417. The van der Waals surface area contributed by atoms with Crippen molar-refractivity contribution in [2.75, 3.05) is 49.2 Å². The summed E-state index contributed by atoms with van der Waals surface area (Å²) >= 11 is 0. The number of aliphatic hydroxyl groups excluding tert-OH is 1. The zero-order chi connectivity index (χ0) is 34.5. The number of amides is 3. The first-order chi connectivity index (χ1) is 23.8. The molecule has 1 spiro atoms. The van der Waals surface area contributed by atoms with Crippen LogP contribution in [-0.4, -0.2) is 90.8 Å². The molecule has 2 fully saturated rings. The molecule has 0 saturated carbocycles. The third kappa shape index (κ3) is 6.61. The Kier molecular flexibility index (Phi) is 10.5. The Hall–Kier alpha value is -4.48. The van der Waals surface area contributed by atoms with Crippen LogP contribution in [-0.2, 0) is 28.7 Å². The van der Waals surface area contributed by atoms with Crippen LogP contribution in [0.5, 0.6) is 0 Å². The third-order valence-electron chi connectivity index (χ3n) is 10.2. The molecular formula is C38H46N4O7. The molecule has 3 amide bonds. The van der Waals surface area contributed by atoms with Crippen molar-refractivity contribution < 1.29 is 33.8 Å². The number of nitrogens with zero attached hydrogens (tertiary/aromatic N) is 3. The van der Waals surface area contributed by atoms with Crippen molar-refractivity contribution in [3.63, 3.8) is 0 Å². The Morgan fingerprint density at radius 2 is 1.71 bits per heavy atom. The fourth-order valence-corrected chi connectivity index (χ4v) is 7.74. The molecule has 0 aromatic heterocycles. The maximum absolute atomic E-state index is 14.8. The number of cyclic esters (lactones) is 1. The maximum Gasteiger partial charge on any atom is 0.306 e. The number of nitrogens with one attached hydrogen (secondary N) is 1. The average molecular weight is 671 g/mol. The van der Waals surface area contributed by atoms with Crippen molar-refractivity contribution in [3.8, 4) is 0 Å². The molecular weight excluding hydrogens is 624 g/mol. The summed E-state index contributed by atoms with van der Waals surface area (Å²) in [7, 11) is 0. The van der Waals surface area contributed by atoms with Gasteiger partial charge in [-0.15, -0.1) is 0 Å². The van der Waals surface area contributed by atoms with E-state index >= 15 is 0 Å². The number of hydrogen-bond acceptors (Lipinski definition) is 8. The summed E-state index contributed by atoms with van der Waals surface area (Å²) < 4.78 is 12.4. The van der Waals surface area contributed by atoms with Gasteiger partial charge < -0.3 is 34.6 Å². The number of hydrogen-bond donors (Lipinski definition) is 2. The molecule has 4 heterocycles. The van der Waals surface area contributed by atoms with Gasteiger partial charge in [-0.2, -0.15) is 0 Å². The Labute approximate surface area is 287 Å². The molecule has 4 aliphatic rings. The van der Waals surface area contributed by atoms with E-state index in [1.54, 1.807) is 22.0 Å². The highest BCUT2D eigenvalue weighted by Gasteiger charge is 2.71. The van der Waals surface area contributed by atoms with Crippen LogP contribution in [0.1, 0.15) is 51.1 Å². The molecule has 2 N–H and O–H groups in total. The lowest BCUT2D eigenvalue weighted by Crippen LogP contribution is -2.55. The van der Waals surface area contributed by atoms with Crippen LogP contribution in [0, 0.1) is 11.8 Å². The summed E-state index contributed by atoms with van der Waals surface area (Å²) in [4.78, 5) is 61.7. The molecule has 2 saturated heterocycles. The highest BCUT2D eigenvalue weighted by atomic mass is 16.5. The van der Waals surface area contributed by atoms with E-state index in [0.29, 0.717) is 24.9 Å². The van der Waals surface area contributed by atoms with E-state index < -0.39 is 41.5 Å². The maximum atomic E-state index is 14.8. The molecule has 2 aromatic carbocycles. The topological polar surface area (TPSA) is 129 Å². The number of ether oxygens (including phenoxy) is 2. The van der Waals surface area contributed by atoms with E-state index in [-0.39, 0.29) is 50.5 Å². The summed E-state index contributed by atoms with van der Waals surface area (Å²) in [5.41, 5.74) is 1.10. The van der Waals surface area contributed by atoms with Crippen LogP contribution in [0.2, 0.25) is 0 Å². The molecule has 0 radical (unpaired) electrons. The number of rotatable bonds is 9. The van der Waals surface area contributed by atoms with Gasteiger partial charge in [0.05, 0.1) is 24.0 Å². The molecule has 0 aliphatic carbocycles. The molecule has 6 rings (SSSR count). The van der Waals surface area contributed by atoms with Crippen molar-refractivity contribution in [1.29, 1.82) is 0 Å². The Bertz CT molecular complexity index is 1570. The number of fused-ring (bicyclic) bond motifs is 2. The fourth-order valence-electron chi connectivity index (χ4n) is 7.74. The molecule has 49 heavy (non-hydrogen) atoms. The molecule has 260 valence electrons. The van der Waals surface area contributed by atoms with Gasteiger partial charge in [0, 0.05) is 50.6 Å². The lowest BCUT2D eigenvalue weighted by molar-refractivity contribution is -0.146. The van der Waals surface area contributed by atoms with Gasteiger partial charge >= 0.3 is 5.97 Å². The van der Waals surface area contributed by atoms with E-state index in [2.05, 4.69) is 24.1 Å². The molecule has 11 heteroatoms. The molecule has 0 bridgehead atoms. The number of unbranched alkanes of at least 4 members (excludes halogenated alkanes) is 1. The van der Waals surface area contributed by atoms with E-state index in [1.165, 1.54) is 0 Å². The minimum Gasteiger partial charge on any atom is -0.463 e. The highest BCUT2D eigenvalue weighted by Crippen LogP contribution is 2.53. The predicted octanol–water partition coefficient (Wildman–Crippen LogP) is 3.54. The smallest absolute Gasteiger partial charge is 0.306 e. The number of likely N-dealkylation sites (tertiary alicyclic amines) is 1. The van der Waals surface area contributed by atoms with Gasteiger partial charge in [-0.05, 0) is 62.9 Å². The number of esters is 1. The van der Waals surface area contributed by atoms with E-state index in [4.69, 9.17) is 9.47 Å². The number of anilines is 2. The second kappa shape index (κ2) is 15.0. The summed E-state index contributed by atoms with van der Waals surface area (Å²) in [6, 6.07) is 15.4. The number of benzene rings is 2. The van der Waals surface area contributed by atoms with Crippen LogP contribution >= 0.6 is 0 Å². The quantitative estimate of drug-likeness (QED) is 0.236. The van der Waals surface area contributed by atoms with Crippen LogP contribution in [0.25, 0.3) is 0 Å². The standard InChI is InChI=1S/C38H46N4O7/c1-3-40(4-2)27-17-19-28(20-18-27)41-23-12-21-38-33(36(46)42(22-10-11-24-43)34(38)37(41)47)32-30(49-38)15-8-9-16-31(44)48-25-29(39-35(32)45)26-13-6-5-7-14-26/h5-8,12-15,17-21,29-30,32-34,43H,3-4,9-11,16,22-25H2,1-2H3,(H,39,45)/b15-8-/t29-,30+,32-,33-,34+,38-/m0/s1. The van der Waals surface area contributed by atoms with Crippen LogP contribution in [0.4, 0.5) is 11.4 Å². The van der Waals surface area contributed by atoms with Gasteiger partial charge in [0.25, 0.3) is 5.91 Å². The first kappa shape index (κ1) is 34.4. The van der Waals surface area contributed by atoms with Crippen molar-refractivity contribution in [1.82, 2.24) is 10.2 Å². The zero-order valence-electron chi connectivity index (χ0n) is 28.2. The summed E-state index contributed by atoms with van der Waals surface area (Å²) in [6.07, 6.45) is 7.86. The van der Waals surface area contributed by atoms with Crippen LogP contribution in [0.15, 0.2) is 78.9 Å². The minimum atomic E-state index is -1.41. The van der Waals surface area contributed by atoms with Gasteiger partial charge in [-0.25, -0.2) is 0 Å². The second-order valence-electron chi connectivity index (χ2n) is 13.0. The summed E-state index contributed by atoms with van der Waals surface area (Å²) in [6.45, 7) is 6.31. The number of carbonyl (C=O) groups is 4. The molecule has 0 unspecified atom stereocenters. The Balaban J connectivity index is 1.39. The average Bonchev–Trinajstić information content (AvgIpc) is 3.49. The van der Waals surface area contributed by atoms with E-state index in [1.807, 2.05) is 66.7 Å². The van der Waals surface area contributed by atoms with Crippen LogP contribution in [0.3, 0.4) is 0 Å². The van der Waals surface area contributed by atoms with Crippen LogP contribution < -0.4 is 15.1 Å². The molecule has 11 nitrogen and oxygen atoms in total. The highest BCUT2D eigenvalue weighted by molar-refractivity contribution is 6.05.